The van der Waals surface area contributed by atoms with Gasteiger partial charge in [0, 0.05) is 6.07 Å². The van der Waals surface area contributed by atoms with Crippen LogP contribution in [-0.2, 0) is 9.53 Å². The van der Waals surface area contributed by atoms with Gasteiger partial charge in [-0.15, -0.1) is 0 Å². The van der Waals surface area contributed by atoms with Crippen molar-refractivity contribution in [1.29, 1.82) is 0 Å². The van der Waals surface area contributed by atoms with Gasteiger partial charge in [-0.05, 0) is 18.2 Å². The Morgan fingerprint density at radius 2 is 1.93 bits per heavy atom. The number of ether oxygens (including phenoxy) is 3. The highest BCUT2D eigenvalue weighted by molar-refractivity contribution is 6.33. The van der Waals surface area contributed by atoms with Crippen molar-refractivity contribution in [3.05, 3.63) is 47.0 Å². The van der Waals surface area contributed by atoms with E-state index in [1.807, 2.05) is 0 Å². The number of anilines is 2. The summed E-state index contributed by atoms with van der Waals surface area (Å²) in [7, 11) is 1.33. The second kappa shape index (κ2) is 9.04. The molecule has 0 atom stereocenters. The second-order valence-corrected chi connectivity index (χ2v) is 5.48. The van der Waals surface area contributed by atoms with Crippen molar-refractivity contribution in [2.75, 3.05) is 24.8 Å². The minimum Gasteiger partial charge on any atom is -0.496 e. The molecule has 0 heterocycles. The maximum absolute atomic E-state index is 12.4. The van der Waals surface area contributed by atoms with Crippen LogP contribution in [0.15, 0.2) is 36.4 Å². The molecule has 0 fully saturated rings. The number of nitrogens with one attached hydrogen (secondary N) is 1. The van der Waals surface area contributed by atoms with Crippen LogP contribution >= 0.6 is 11.6 Å². The largest absolute Gasteiger partial charge is 0.496 e. The van der Waals surface area contributed by atoms with Crippen molar-refractivity contribution in [3.8, 4) is 11.5 Å². The first-order valence-electron chi connectivity index (χ1n) is 7.45. The summed E-state index contributed by atoms with van der Waals surface area (Å²) in [6.07, 6.45) is 0. The highest BCUT2D eigenvalue weighted by Gasteiger charge is 2.18. The lowest BCUT2D eigenvalue weighted by molar-refractivity contribution is -0.119. The fourth-order valence-electron chi connectivity index (χ4n) is 2.06. The molecular formula is C17H15ClF2N2O5. The molecule has 2 rings (SSSR count). The van der Waals surface area contributed by atoms with E-state index in [0.29, 0.717) is 0 Å². The Balaban J connectivity index is 2.02. The van der Waals surface area contributed by atoms with E-state index in [0.717, 1.165) is 0 Å². The van der Waals surface area contributed by atoms with Gasteiger partial charge in [0.15, 0.2) is 6.61 Å². The highest BCUT2D eigenvalue weighted by Crippen LogP contribution is 2.29. The Bertz CT molecular complexity index is 848. The van der Waals surface area contributed by atoms with Crippen molar-refractivity contribution < 1.29 is 32.6 Å². The third kappa shape index (κ3) is 5.45. The van der Waals surface area contributed by atoms with Crippen LogP contribution in [0.1, 0.15) is 10.4 Å². The van der Waals surface area contributed by atoms with Gasteiger partial charge in [0.25, 0.3) is 5.91 Å². The van der Waals surface area contributed by atoms with E-state index in [1.165, 1.54) is 43.5 Å². The van der Waals surface area contributed by atoms with Crippen LogP contribution in [0.25, 0.3) is 0 Å². The number of methoxy groups -OCH3 is 1. The maximum Gasteiger partial charge on any atom is 0.387 e. The van der Waals surface area contributed by atoms with E-state index in [9.17, 15) is 18.4 Å². The summed E-state index contributed by atoms with van der Waals surface area (Å²) in [6.45, 7) is -3.73. The number of carbonyl (C=O) groups is 2. The molecule has 0 aliphatic heterocycles. The van der Waals surface area contributed by atoms with Crippen molar-refractivity contribution in [1.82, 2.24) is 0 Å². The molecule has 7 nitrogen and oxygen atoms in total. The standard InChI is InChI=1S/C17H15ClF2N2O5/c1-25-14-7-11(21)10(18)6-9(14)16(24)26-8-15(23)22-12-4-2-3-5-13(12)27-17(19)20/h2-7,17H,8,21H2,1H3,(H,22,23). The van der Waals surface area contributed by atoms with Gasteiger partial charge >= 0.3 is 12.6 Å². The monoisotopic (exact) mass is 400 g/mol. The Kier molecular flexibility index (Phi) is 6.78. The van der Waals surface area contributed by atoms with Crippen LogP contribution < -0.4 is 20.5 Å². The van der Waals surface area contributed by atoms with Gasteiger partial charge in [0.1, 0.15) is 17.1 Å². The summed E-state index contributed by atoms with van der Waals surface area (Å²) in [5.41, 5.74) is 5.82. The molecule has 3 N–H and O–H groups in total. The van der Waals surface area contributed by atoms with Crippen LogP contribution in [-0.4, -0.2) is 32.2 Å². The first-order valence-corrected chi connectivity index (χ1v) is 7.83. The van der Waals surface area contributed by atoms with Crippen molar-refractivity contribution >= 4 is 34.9 Å². The van der Waals surface area contributed by atoms with E-state index < -0.39 is 25.1 Å². The number of hydrogen-bond acceptors (Lipinski definition) is 6. The van der Waals surface area contributed by atoms with Gasteiger partial charge in [0.2, 0.25) is 0 Å². The zero-order chi connectivity index (χ0) is 20.0. The molecule has 0 bridgehead atoms. The minimum atomic E-state index is -3.05. The van der Waals surface area contributed by atoms with Crippen LogP contribution in [0.4, 0.5) is 20.2 Å². The van der Waals surface area contributed by atoms with Crippen LogP contribution in [0.3, 0.4) is 0 Å². The average molecular weight is 401 g/mol. The molecule has 144 valence electrons. The number of para-hydroxylation sites is 2. The number of halogens is 3. The quantitative estimate of drug-likeness (QED) is 0.546. The number of nitrogen functional groups attached to an aromatic ring is 1. The van der Waals surface area contributed by atoms with Crippen LogP contribution in [0, 0.1) is 0 Å². The van der Waals surface area contributed by atoms with Crippen molar-refractivity contribution in [2.24, 2.45) is 0 Å². The molecular weight excluding hydrogens is 386 g/mol. The van der Waals surface area contributed by atoms with Crippen molar-refractivity contribution in [3.63, 3.8) is 0 Å². The molecule has 0 spiro atoms. The lowest BCUT2D eigenvalue weighted by Gasteiger charge is -2.13. The van der Waals surface area contributed by atoms with Gasteiger partial charge < -0.3 is 25.3 Å². The minimum absolute atomic E-state index is 0.00644. The summed E-state index contributed by atoms with van der Waals surface area (Å²) in [4.78, 5) is 24.1. The average Bonchev–Trinajstić information content (AvgIpc) is 2.62. The SMILES string of the molecule is COc1cc(N)c(Cl)cc1C(=O)OCC(=O)Nc1ccccc1OC(F)F. The summed E-state index contributed by atoms with van der Waals surface area (Å²) < 4.78 is 39.0. The van der Waals surface area contributed by atoms with Crippen LogP contribution in [0.5, 0.6) is 11.5 Å². The van der Waals surface area contributed by atoms with E-state index >= 15 is 0 Å². The van der Waals surface area contributed by atoms with Crippen LogP contribution in [0.2, 0.25) is 5.02 Å². The van der Waals surface area contributed by atoms with Gasteiger partial charge in [-0.25, -0.2) is 4.79 Å². The normalized spacial score (nSPS) is 10.4. The molecule has 0 aromatic heterocycles. The predicted octanol–water partition coefficient (Wildman–Crippen LogP) is 3.33. The fourth-order valence-corrected chi connectivity index (χ4v) is 2.22. The Hall–Kier alpha value is -3.07. The van der Waals surface area contributed by atoms with E-state index in [1.54, 1.807) is 0 Å². The molecule has 2 aromatic rings. The Morgan fingerprint density at radius 1 is 1.22 bits per heavy atom. The zero-order valence-corrected chi connectivity index (χ0v) is 14.8. The van der Waals surface area contributed by atoms with E-state index in [-0.39, 0.29) is 33.5 Å². The van der Waals surface area contributed by atoms with E-state index in [4.69, 9.17) is 26.8 Å². The number of esters is 1. The molecule has 0 aliphatic rings. The number of carbonyl (C=O) groups excluding carboxylic acids is 2. The fraction of sp³-hybridized carbons (Fsp3) is 0.176. The summed E-state index contributed by atoms with van der Waals surface area (Å²) >= 11 is 5.87. The highest BCUT2D eigenvalue weighted by atomic mass is 35.5. The van der Waals surface area contributed by atoms with Gasteiger partial charge in [-0.1, -0.05) is 23.7 Å². The lowest BCUT2D eigenvalue weighted by Crippen LogP contribution is -2.21. The maximum atomic E-state index is 12.4. The molecule has 0 saturated carbocycles. The summed E-state index contributed by atoms with van der Waals surface area (Å²) in [6, 6.07) is 8.19. The zero-order valence-electron chi connectivity index (χ0n) is 14.0. The molecule has 0 radical (unpaired) electrons. The molecule has 27 heavy (non-hydrogen) atoms. The van der Waals surface area contributed by atoms with Gasteiger partial charge in [-0.2, -0.15) is 8.78 Å². The number of alkyl halides is 2. The van der Waals surface area contributed by atoms with Gasteiger partial charge in [0.05, 0.1) is 23.5 Å². The molecule has 0 saturated heterocycles. The van der Waals surface area contributed by atoms with Crippen molar-refractivity contribution in [2.45, 2.75) is 6.61 Å². The number of amides is 1. The lowest BCUT2D eigenvalue weighted by atomic mass is 10.2. The number of nitrogens with two attached hydrogens (primary N) is 1. The first-order chi connectivity index (χ1) is 12.8. The number of rotatable bonds is 7. The predicted molar refractivity (Wildman–Crippen MR) is 94.4 cm³/mol. The second-order valence-electron chi connectivity index (χ2n) is 5.07. The first kappa shape index (κ1) is 20.2. The third-order valence-corrected chi connectivity index (χ3v) is 3.58. The Morgan fingerprint density at radius 3 is 2.59 bits per heavy atom. The summed E-state index contributed by atoms with van der Waals surface area (Å²) in [5.74, 6) is -1.73. The molecule has 1 amide bonds. The van der Waals surface area contributed by atoms with E-state index in [2.05, 4.69) is 10.1 Å². The smallest absolute Gasteiger partial charge is 0.387 e. The molecule has 0 unspecified atom stereocenters. The number of hydrogen-bond donors (Lipinski definition) is 2. The molecule has 10 heteroatoms. The molecule has 2 aromatic carbocycles. The molecule has 0 aliphatic carbocycles. The Labute approximate surface area is 158 Å². The van der Waals surface area contributed by atoms with Gasteiger partial charge in [-0.3, -0.25) is 4.79 Å². The number of benzene rings is 2. The topological polar surface area (TPSA) is 99.9 Å². The summed E-state index contributed by atoms with van der Waals surface area (Å²) in [5, 5.41) is 2.44. The third-order valence-electron chi connectivity index (χ3n) is 3.25.